The predicted octanol–water partition coefficient (Wildman–Crippen LogP) is 2.45. The van der Waals surface area contributed by atoms with Crippen molar-refractivity contribution in [2.45, 2.75) is 13.8 Å². The Hall–Kier alpha value is -1.57. The van der Waals surface area contributed by atoms with E-state index < -0.39 is 0 Å². The number of aryl methyl sites for hydroxylation is 1. The lowest BCUT2D eigenvalue weighted by atomic mass is 10.1. The molecule has 0 amide bonds. The topological polar surface area (TPSA) is 21.5 Å². The van der Waals surface area contributed by atoms with E-state index in [4.69, 9.17) is 0 Å². The second-order valence-electron chi connectivity index (χ2n) is 3.24. The Morgan fingerprint density at radius 1 is 1.38 bits per heavy atom. The summed E-state index contributed by atoms with van der Waals surface area (Å²) < 4.78 is 1.98. The van der Waals surface area contributed by atoms with E-state index in [9.17, 15) is 4.79 Å². The van der Waals surface area contributed by atoms with Crippen molar-refractivity contribution in [2.24, 2.45) is 0 Å². The normalized spacial score (nSPS) is 10.6. The van der Waals surface area contributed by atoms with Gasteiger partial charge in [-0.15, -0.1) is 0 Å². The Morgan fingerprint density at radius 3 is 2.85 bits per heavy atom. The van der Waals surface area contributed by atoms with Gasteiger partial charge in [0.1, 0.15) is 0 Å². The van der Waals surface area contributed by atoms with Gasteiger partial charge in [0.25, 0.3) is 0 Å². The van der Waals surface area contributed by atoms with Crippen LogP contribution in [0.5, 0.6) is 0 Å². The molecule has 0 spiro atoms. The van der Waals surface area contributed by atoms with Gasteiger partial charge in [-0.1, -0.05) is 6.07 Å². The lowest BCUT2D eigenvalue weighted by molar-refractivity contribution is 0.101. The SMILES string of the molecule is CC(=O)c1c(C)cn2ccccc12. The number of Topliss-reactive ketones (excluding diaryl/α,β-unsaturated/α-hetero) is 1. The summed E-state index contributed by atoms with van der Waals surface area (Å²) in [5.41, 5.74) is 2.87. The first-order chi connectivity index (χ1) is 6.20. The molecule has 2 aromatic rings. The van der Waals surface area contributed by atoms with Crippen LogP contribution in [0.4, 0.5) is 0 Å². The summed E-state index contributed by atoms with van der Waals surface area (Å²) in [4.78, 5) is 11.3. The van der Waals surface area contributed by atoms with Crippen LogP contribution in [0, 0.1) is 6.92 Å². The number of pyridine rings is 1. The maximum Gasteiger partial charge on any atom is 0.162 e. The van der Waals surface area contributed by atoms with Gasteiger partial charge in [0.15, 0.2) is 5.78 Å². The summed E-state index contributed by atoms with van der Waals surface area (Å²) in [6.07, 6.45) is 3.93. The van der Waals surface area contributed by atoms with Crippen molar-refractivity contribution in [3.05, 3.63) is 41.7 Å². The van der Waals surface area contributed by atoms with Crippen LogP contribution in [-0.4, -0.2) is 10.2 Å². The van der Waals surface area contributed by atoms with Crippen LogP contribution in [0.3, 0.4) is 0 Å². The highest BCUT2D eigenvalue weighted by Gasteiger charge is 2.09. The fraction of sp³-hybridized carbons (Fsp3) is 0.182. The number of carbonyl (C=O) groups is 1. The van der Waals surface area contributed by atoms with Gasteiger partial charge in [-0.2, -0.15) is 0 Å². The highest BCUT2D eigenvalue weighted by molar-refractivity contribution is 6.02. The zero-order chi connectivity index (χ0) is 9.42. The second-order valence-corrected chi connectivity index (χ2v) is 3.24. The Balaban J connectivity index is 2.86. The van der Waals surface area contributed by atoms with E-state index in [1.54, 1.807) is 6.92 Å². The van der Waals surface area contributed by atoms with E-state index in [0.29, 0.717) is 0 Å². The van der Waals surface area contributed by atoms with Gasteiger partial charge < -0.3 is 4.40 Å². The first-order valence-electron chi connectivity index (χ1n) is 4.27. The van der Waals surface area contributed by atoms with Crippen LogP contribution in [0.15, 0.2) is 30.6 Å². The molecule has 0 aliphatic carbocycles. The van der Waals surface area contributed by atoms with Gasteiger partial charge in [-0.3, -0.25) is 4.79 Å². The molecule has 0 fully saturated rings. The van der Waals surface area contributed by atoms with Crippen LogP contribution in [0.2, 0.25) is 0 Å². The average molecular weight is 173 g/mol. The van der Waals surface area contributed by atoms with Gasteiger partial charge in [0, 0.05) is 18.0 Å². The molecule has 0 N–H and O–H groups in total. The van der Waals surface area contributed by atoms with Crippen molar-refractivity contribution < 1.29 is 4.79 Å². The number of hydrogen-bond acceptors (Lipinski definition) is 1. The van der Waals surface area contributed by atoms with E-state index in [1.165, 1.54) is 0 Å². The molecular formula is C11H11NO. The molecule has 0 radical (unpaired) electrons. The Bertz CT molecular complexity index is 468. The third kappa shape index (κ3) is 1.15. The molecule has 2 heterocycles. The molecule has 2 nitrogen and oxygen atoms in total. The molecule has 13 heavy (non-hydrogen) atoms. The van der Waals surface area contributed by atoms with Crippen LogP contribution < -0.4 is 0 Å². The summed E-state index contributed by atoms with van der Waals surface area (Å²) in [5.74, 6) is 0.131. The van der Waals surface area contributed by atoms with Crippen LogP contribution in [-0.2, 0) is 0 Å². The third-order valence-electron chi connectivity index (χ3n) is 2.23. The van der Waals surface area contributed by atoms with Crippen molar-refractivity contribution in [1.82, 2.24) is 4.40 Å². The number of rotatable bonds is 1. The quantitative estimate of drug-likeness (QED) is 0.607. The summed E-state index contributed by atoms with van der Waals surface area (Å²) >= 11 is 0. The molecule has 0 aliphatic heterocycles. The average Bonchev–Trinajstić information content (AvgIpc) is 2.39. The molecule has 2 rings (SSSR count). The Labute approximate surface area is 76.8 Å². The molecule has 0 bridgehead atoms. The van der Waals surface area contributed by atoms with E-state index in [1.807, 2.05) is 41.9 Å². The van der Waals surface area contributed by atoms with Gasteiger partial charge in [-0.25, -0.2) is 0 Å². The minimum Gasteiger partial charge on any atom is -0.323 e. The molecule has 0 atom stereocenters. The number of fused-ring (bicyclic) bond motifs is 1. The number of ketones is 1. The zero-order valence-electron chi connectivity index (χ0n) is 7.74. The molecule has 2 aromatic heterocycles. The standard InChI is InChI=1S/C11H11NO/c1-8-7-12-6-4-3-5-10(12)11(8)9(2)13/h3-7H,1-2H3. The summed E-state index contributed by atoms with van der Waals surface area (Å²) in [6.45, 7) is 3.57. The van der Waals surface area contributed by atoms with Crippen molar-refractivity contribution in [3.63, 3.8) is 0 Å². The van der Waals surface area contributed by atoms with E-state index in [2.05, 4.69) is 0 Å². The minimum atomic E-state index is 0.131. The van der Waals surface area contributed by atoms with Crippen LogP contribution in [0.1, 0.15) is 22.8 Å². The minimum absolute atomic E-state index is 0.131. The molecule has 0 aliphatic rings. The van der Waals surface area contributed by atoms with E-state index >= 15 is 0 Å². The fourth-order valence-corrected chi connectivity index (χ4v) is 1.71. The highest BCUT2D eigenvalue weighted by Crippen LogP contribution is 2.17. The number of carbonyl (C=O) groups excluding carboxylic acids is 1. The molecule has 0 unspecified atom stereocenters. The largest absolute Gasteiger partial charge is 0.323 e. The van der Waals surface area contributed by atoms with Gasteiger partial charge in [0.05, 0.1) is 5.52 Å². The van der Waals surface area contributed by atoms with E-state index in [0.717, 1.165) is 16.6 Å². The summed E-state index contributed by atoms with van der Waals surface area (Å²) in [5, 5.41) is 0. The van der Waals surface area contributed by atoms with Crippen LogP contribution in [0.25, 0.3) is 5.52 Å². The number of aromatic nitrogens is 1. The Kier molecular flexibility index (Phi) is 1.69. The van der Waals surface area contributed by atoms with Crippen molar-refractivity contribution in [2.75, 3.05) is 0 Å². The van der Waals surface area contributed by atoms with Crippen molar-refractivity contribution in [3.8, 4) is 0 Å². The maximum absolute atomic E-state index is 11.3. The van der Waals surface area contributed by atoms with Gasteiger partial charge >= 0.3 is 0 Å². The predicted molar refractivity (Wildman–Crippen MR) is 52.1 cm³/mol. The summed E-state index contributed by atoms with van der Waals surface area (Å²) in [6, 6.07) is 5.86. The van der Waals surface area contributed by atoms with Gasteiger partial charge in [0.2, 0.25) is 0 Å². The highest BCUT2D eigenvalue weighted by atomic mass is 16.1. The van der Waals surface area contributed by atoms with Crippen LogP contribution >= 0.6 is 0 Å². The Morgan fingerprint density at radius 2 is 2.15 bits per heavy atom. The first kappa shape index (κ1) is 8.05. The van der Waals surface area contributed by atoms with Gasteiger partial charge in [-0.05, 0) is 31.5 Å². The summed E-state index contributed by atoms with van der Waals surface area (Å²) in [7, 11) is 0. The van der Waals surface area contributed by atoms with E-state index in [-0.39, 0.29) is 5.78 Å². The van der Waals surface area contributed by atoms with Crippen molar-refractivity contribution >= 4 is 11.3 Å². The number of nitrogens with zero attached hydrogens (tertiary/aromatic N) is 1. The molecule has 0 saturated carbocycles. The molecular weight excluding hydrogens is 162 g/mol. The monoisotopic (exact) mass is 173 g/mol. The molecule has 66 valence electrons. The second kappa shape index (κ2) is 2.73. The third-order valence-corrected chi connectivity index (χ3v) is 2.23. The maximum atomic E-state index is 11.3. The van der Waals surface area contributed by atoms with Crippen molar-refractivity contribution in [1.29, 1.82) is 0 Å². The molecule has 0 saturated heterocycles. The first-order valence-corrected chi connectivity index (χ1v) is 4.27. The molecule has 2 heteroatoms. The lowest BCUT2D eigenvalue weighted by Gasteiger charge is -1.95. The number of hydrogen-bond donors (Lipinski definition) is 0. The molecule has 0 aromatic carbocycles. The fourth-order valence-electron chi connectivity index (χ4n) is 1.71. The lowest BCUT2D eigenvalue weighted by Crippen LogP contribution is -1.92. The smallest absolute Gasteiger partial charge is 0.162 e. The zero-order valence-corrected chi connectivity index (χ0v) is 7.74.